The molecule has 1 aromatic rings. The van der Waals surface area contributed by atoms with E-state index in [1.165, 1.54) is 11.8 Å². The number of carbonyl (C=O) groups is 1. The fourth-order valence-corrected chi connectivity index (χ4v) is 2.27. The number of aryl methyl sites for hydroxylation is 1. The van der Waals surface area contributed by atoms with Crippen molar-refractivity contribution in [2.24, 2.45) is 0 Å². The van der Waals surface area contributed by atoms with Gasteiger partial charge in [0.25, 0.3) is 0 Å². The Kier molecular flexibility index (Phi) is 6.86. The van der Waals surface area contributed by atoms with Crippen molar-refractivity contribution in [3.05, 3.63) is 5.82 Å². The van der Waals surface area contributed by atoms with E-state index in [1.807, 2.05) is 25.3 Å². The minimum atomic E-state index is -0.845. The second kappa shape index (κ2) is 8.16. The summed E-state index contributed by atoms with van der Waals surface area (Å²) in [4.78, 5) is 10.6. The highest BCUT2D eigenvalue weighted by Crippen LogP contribution is 2.17. The fraction of sp³-hybridized carbons (Fsp3) is 0.750. The average molecular weight is 287 g/mol. The van der Waals surface area contributed by atoms with E-state index in [9.17, 15) is 4.79 Å². The highest BCUT2D eigenvalue weighted by Gasteiger charge is 2.10. The lowest BCUT2D eigenvalue weighted by molar-refractivity contribution is -0.133. The summed E-state index contributed by atoms with van der Waals surface area (Å²) in [7, 11) is 0. The minimum Gasteiger partial charge on any atom is -0.481 e. The maximum atomic E-state index is 10.6. The first-order valence-corrected chi connectivity index (χ1v) is 7.35. The number of rotatable bonds is 9. The first kappa shape index (κ1) is 16.0. The topological polar surface area (TPSA) is 77.2 Å². The van der Waals surface area contributed by atoms with Crippen molar-refractivity contribution in [1.82, 2.24) is 14.8 Å². The van der Waals surface area contributed by atoms with Crippen LogP contribution in [0.15, 0.2) is 5.16 Å². The van der Waals surface area contributed by atoms with E-state index in [2.05, 4.69) is 10.2 Å². The first-order valence-electron chi connectivity index (χ1n) is 6.36. The van der Waals surface area contributed by atoms with Gasteiger partial charge in [-0.2, -0.15) is 0 Å². The molecule has 1 heterocycles. The molecule has 0 saturated carbocycles. The summed E-state index contributed by atoms with van der Waals surface area (Å²) < 4.78 is 7.44. The van der Waals surface area contributed by atoms with Crippen LogP contribution in [0.5, 0.6) is 0 Å². The van der Waals surface area contributed by atoms with Gasteiger partial charge in [0.05, 0.1) is 11.9 Å². The predicted molar refractivity (Wildman–Crippen MR) is 73.4 cm³/mol. The number of unbranched alkanes of at least 4 members (excludes halogenated alkanes) is 1. The second-order valence-electron chi connectivity index (χ2n) is 4.49. The van der Waals surface area contributed by atoms with Crippen molar-refractivity contribution < 1.29 is 14.6 Å². The molecule has 1 rings (SSSR count). The van der Waals surface area contributed by atoms with E-state index in [1.54, 1.807) is 0 Å². The molecule has 19 heavy (non-hydrogen) atoms. The molecule has 0 aliphatic heterocycles. The van der Waals surface area contributed by atoms with Crippen molar-refractivity contribution in [3.63, 3.8) is 0 Å². The summed E-state index contributed by atoms with van der Waals surface area (Å²) in [5.41, 5.74) is 0. The predicted octanol–water partition coefficient (Wildman–Crippen LogP) is 1.97. The van der Waals surface area contributed by atoms with E-state index in [0.29, 0.717) is 5.16 Å². The Morgan fingerprint density at radius 2 is 2.16 bits per heavy atom. The summed E-state index contributed by atoms with van der Waals surface area (Å²) in [6, 6.07) is 0. The van der Waals surface area contributed by atoms with Crippen LogP contribution < -0.4 is 0 Å². The fourth-order valence-electron chi connectivity index (χ4n) is 1.54. The number of carboxylic acid groups (broad SMARTS) is 1. The largest absolute Gasteiger partial charge is 0.481 e. The molecule has 108 valence electrons. The Hall–Kier alpha value is -1.08. The standard InChI is InChI=1S/C12H21N3O3S/c1-9(2)18-7-5-4-6-15-10(3)13-14-12(15)19-8-11(16)17/h9H,4-8H2,1-3H3,(H,16,17). The number of ether oxygens (including phenoxy) is 1. The number of carboxylic acids is 1. The van der Waals surface area contributed by atoms with E-state index in [0.717, 1.165) is 31.8 Å². The lowest BCUT2D eigenvalue weighted by Gasteiger charge is -2.09. The van der Waals surface area contributed by atoms with Gasteiger partial charge in [0.1, 0.15) is 5.82 Å². The van der Waals surface area contributed by atoms with Gasteiger partial charge in [-0.05, 0) is 33.6 Å². The van der Waals surface area contributed by atoms with Gasteiger partial charge in [-0.3, -0.25) is 4.79 Å². The Labute approximate surface area is 117 Å². The third kappa shape index (κ3) is 6.07. The zero-order chi connectivity index (χ0) is 14.3. The SMILES string of the molecule is Cc1nnc(SCC(=O)O)n1CCCCOC(C)C. The monoisotopic (exact) mass is 287 g/mol. The lowest BCUT2D eigenvalue weighted by atomic mass is 10.3. The lowest BCUT2D eigenvalue weighted by Crippen LogP contribution is -2.07. The van der Waals surface area contributed by atoms with Crippen LogP contribution in [0.3, 0.4) is 0 Å². The number of aromatic nitrogens is 3. The Morgan fingerprint density at radius 1 is 1.42 bits per heavy atom. The van der Waals surface area contributed by atoms with Crippen molar-refractivity contribution >= 4 is 17.7 Å². The van der Waals surface area contributed by atoms with Crippen molar-refractivity contribution in [1.29, 1.82) is 0 Å². The highest BCUT2D eigenvalue weighted by molar-refractivity contribution is 7.99. The third-order valence-corrected chi connectivity index (χ3v) is 3.41. The van der Waals surface area contributed by atoms with Crippen LogP contribution in [0.4, 0.5) is 0 Å². The summed E-state index contributed by atoms with van der Waals surface area (Å²) in [5, 5.41) is 17.3. The number of nitrogens with zero attached hydrogens (tertiary/aromatic N) is 3. The van der Waals surface area contributed by atoms with Gasteiger partial charge in [0, 0.05) is 13.2 Å². The second-order valence-corrected chi connectivity index (χ2v) is 5.43. The van der Waals surface area contributed by atoms with E-state index >= 15 is 0 Å². The molecule has 0 saturated heterocycles. The number of hydrogen-bond acceptors (Lipinski definition) is 5. The molecule has 0 bridgehead atoms. The van der Waals surface area contributed by atoms with Crippen LogP contribution in [-0.2, 0) is 16.1 Å². The first-order chi connectivity index (χ1) is 9.00. The van der Waals surface area contributed by atoms with Gasteiger partial charge in [-0.25, -0.2) is 0 Å². The zero-order valence-electron chi connectivity index (χ0n) is 11.6. The van der Waals surface area contributed by atoms with Crippen LogP contribution in [0.25, 0.3) is 0 Å². The Balaban J connectivity index is 2.39. The molecule has 0 aromatic carbocycles. The summed E-state index contributed by atoms with van der Waals surface area (Å²) in [6.07, 6.45) is 2.20. The molecule has 7 heteroatoms. The molecular formula is C12H21N3O3S. The van der Waals surface area contributed by atoms with Crippen molar-refractivity contribution in [3.8, 4) is 0 Å². The molecule has 6 nitrogen and oxygen atoms in total. The molecule has 0 unspecified atom stereocenters. The molecule has 0 fully saturated rings. The van der Waals surface area contributed by atoms with Gasteiger partial charge in [-0.15, -0.1) is 10.2 Å². The zero-order valence-corrected chi connectivity index (χ0v) is 12.4. The number of hydrogen-bond donors (Lipinski definition) is 1. The van der Waals surface area contributed by atoms with E-state index < -0.39 is 5.97 Å². The van der Waals surface area contributed by atoms with Gasteiger partial charge in [0.15, 0.2) is 5.16 Å². The van der Waals surface area contributed by atoms with Crippen LogP contribution in [-0.4, -0.2) is 44.3 Å². The van der Waals surface area contributed by atoms with Gasteiger partial charge in [-0.1, -0.05) is 11.8 Å². The van der Waals surface area contributed by atoms with Gasteiger partial charge < -0.3 is 14.4 Å². The average Bonchev–Trinajstić information content (AvgIpc) is 2.67. The van der Waals surface area contributed by atoms with Crippen LogP contribution in [0.2, 0.25) is 0 Å². The molecule has 0 atom stereocenters. The Bertz CT molecular complexity index is 407. The van der Waals surface area contributed by atoms with Crippen LogP contribution in [0.1, 0.15) is 32.5 Å². The quantitative estimate of drug-likeness (QED) is 0.552. The van der Waals surface area contributed by atoms with Crippen molar-refractivity contribution in [2.45, 2.75) is 51.4 Å². The molecule has 1 N–H and O–H groups in total. The van der Waals surface area contributed by atoms with Crippen LogP contribution >= 0.6 is 11.8 Å². The molecule has 0 aliphatic rings. The number of aliphatic carboxylic acids is 1. The maximum absolute atomic E-state index is 10.6. The Morgan fingerprint density at radius 3 is 2.79 bits per heavy atom. The molecule has 0 radical (unpaired) electrons. The maximum Gasteiger partial charge on any atom is 0.313 e. The highest BCUT2D eigenvalue weighted by atomic mass is 32.2. The van der Waals surface area contributed by atoms with Crippen LogP contribution in [0, 0.1) is 6.92 Å². The van der Waals surface area contributed by atoms with E-state index in [4.69, 9.17) is 9.84 Å². The van der Waals surface area contributed by atoms with Crippen molar-refractivity contribution in [2.75, 3.05) is 12.4 Å². The van der Waals surface area contributed by atoms with Gasteiger partial charge >= 0.3 is 5.97 Å². The third-order valence-electron chi connectivity index (χ3n) is 2.45. The molecule has 0 spiro atoms. The van der Waals surface area contributed by atoms with Gasteiger partial charge in [0.2, 0.25) is 0 Å². The summed E-state index contributed by atoms with van der Waals surface area (Å²) >= 11 is 1.20. The minimum absolute atomic E-state index is 0.00853. The summed E-state index contributed by atoms with van der Waals surface area (Å²) in [6.45, 7) is 7.45. The molecular weight excluding hydrogens is 266 g/mol. The molecule has 0 aliphatic carbocycles. The number of thioether (sulfide) groups is 1. The molecule has 1 aromatic heterocycles. The summed E-state index contributed by atoms with van der Waals surface area (Å²) in [5.74, 6) is -0.0191. The smallest absolute Gasteiger partial charge is 0.313 e. The normalized spacial score (nSPS) is 11.2. The van der Waals surface area contributed by atoms with E-state index in [-0.39, 0.29) is 11.9 Å². The molecule has 0 amide bonds.